The van der Waals surface area contributed by atoms with Gasteiger partial charge in [-0.05, 0) is 42.3 Å². The number of methoxy groups -OCH3 is 1. The van der Waals surface area contributed by atoms with Crippen LogP contribution in [0.15, 0.2) is 42.5 Å². The normalized spacial score (nSPS) is 10.3. The predicted molar refractivity (Wildman–Crippen MR) is 76.5 cm³/mol. The van der Waals surface area contributed by atoms with Crippen molar-refractivity contribution in [1.82, 2.24) is 0 Å². The summed E-state index contributed by atoms with van der Waals surface area (Å²) in [6.07, 6.45) is 0.896. The van der Waals surface area contributed by atoms with Crippen LogP contribution in [-0.4, -0.2) is 12.9 Å². The van der Waals surface area contributed by atoms with E-state index in [1.165, 1.54) is 19.2 Å². The quantitative estimate of drug-likeness (QED) is 0.672. The number of ether oxygens (including phenoxy) is 1. The number of anilines is 1. The van der Waals surface area contributed by atoms with Crippen molar-refractivity contribution in [3.8, 4) is 5.75 Å². The number of aryl methyl sites for hydroxylation is 1. The molecule has 0 spiro atoms. The number of carbonyl (C=O) groups excluding carboxylic acids is 1. The first-order valence-electron chi connectivity index (χ1n) is 6.31. The molecule has 20 heavy (non-hydrogen) atoms. The lowest BCUT2D eigenvalue weighted by Crippen LogP contribution is -2.02. The molecule has 0 aliphatic carbocycles. The van der Waals surface area contributed by atoms with Crippen LogP contribution in [0.4, 0.5) is 10.1 Å². The topological polar surface area (TPSA) is 52.3 Å². The molecule has 0 saturated heterocycles. The van der Waals surface area contributed by atoms with Crippen molar-refractivity contribution in [3.63, 3.8) is 0 Å². The zero-order chi connectivity index (χ0) is 14.5. The van der Waals surface area contributed by atoms with Crippen LogP contribution in [0.2, 0.25) is 0 Å². The third-order valence-corrected chi connectivity index (χ3v) is 3.07. The molecule has 0 heterocycles. The van der Waals surface area contributed by atoms with Gasteiger partial charge in [0.2, 0.25) is 0 Å². The van der Waals surface area contributed by atoms with Gasteiger partial charge in [0.05, 0.1) is 7.11 Å². The summed E-state index contributed by atoms with van der Waals surface area (Å²) in [5.41, 5.74) is 7.70. The van der Waals surface area contributed by atoms with E-state index in [1.807, 2.05) is 18.2 Å². The summed E-state index contributed by atoms with van der Waals surface area (Å²) in [6.45, 7) is 0. The summed E-state index contributed by atoms with van der Waals surface area (Å²) < 4.78 is 18.4. The van der Waals surface area contributed by atoms with E-state index in [0.717, 1.165) is 5.56 Å². The van der Waals surface area contributed by atoms with E-state index in [0.29, 0.717) is 24.1 Å². The van der Waals surface area contributed by atoms with Crippen LogP contribution in [-0.2, 0) is 6.42 Å². The Morgan fingerprint density at radius 2 is 2.05 bits per heavy atom. The second-order valence-corrected chi connectivity index (χ2v) is 4.52. The van der Waals surface area contributed by atoms with Crippen LogP contribution in [0, 0.1) is 5.82 Å². The number of ketones is 1. The lowest BCUT2D eigenvalue weighted by Gasteiger charge is -2.05. The summed E-state index contributed by atoms with van der Waals surface area (Å²) in [5, 5.41) is 0. The largest absolute Gasteiger partial charge is 0.494 e. The number of halogens is 1. The van der Waals surface area contributed by atoms with E-state index >= 15 is 0 Å². The van der Waals surface area contributed by atoms with Gasteiger partial charge in [0.1, 0.15) is 0 Å². The van der Waals surface area contributed by atoms with Gasteiger partial charge >= 0.3 is 0 Å². The van der Waals surface area contributed by atoms with E-state index < -0.39 is 5.82 Å². The number of nitrogens with two attached hydrogens (primary N) is 1. The number of nitrogen functional groups attached to an aromatic ring is 1. The van der Waals surface area contributed by atoms with Crippen molar-refractivity contribution < 1.29 is 13.9 Å². The molecule has 0 aliphatic rings. The molecule has 0 aliphatic heterocycles. The molecule has 0 aromatic heterocycles. The van der Waals surface area contributed by atoms with E-state index in [2.05, 4.69) is 0 Å². The Bertz CT molecular complexity index is 626. The van der Waals surface area contributed by atoms with Crippen LogP contribution in [0.3, 0.4) is 0 Å². The number of Topliss-reactive ketones (excluding diaryl/α,β-unsaturated/α-hetero) is 1. The number of rotatable bonds is 5. The maximum atomic E-state index is 13.5. The van der Waals surface area contributed by atoms with Gasteiger partial charge in [-0.25, -0.2) is 4.39 Å². The van der Waals surface area contributed by atoms with E-state index in [9.17, 15) is 9.18 Å². The molecular formula is C16H16FNO2. The van der Waals surface area contributed by atoms with Crippen molar-refractivity contribution in [3.05, 3.63) is 59.4 Å². The molecular weight excluding hydrogens is 257 g/mol. The first kappa shape index (κ1) is 14.1. The Labute approximate surface area is 117 Å². The lowest BCUT2D eigenvalue weighted by atomic mass is 10.0. The molecule has 3 nitrogen and oxygen atoms in total. The Kier molecular flexibility index (Phi) is 4.35. The molecule has 0 unspecified atom stereocenters. The van der Waals surface area contributed by atoms with Crippen molar-refractivity contribution in [2.24, 2.45) is 0 Å². The zero-order valence-electron chi connectivity index (χ0n) is 11.2. The number of hydrogen-bond acceptors (Lipinski definition) is 3. The Morgan fingerprint density at radius 1 is 1.25 bits per heavy atom. The minimum Gasteiger partial charge on any atom is -0.494 e. The Morgan fingerprint density at radius 3 is 2.70 bits per heavy atom. The standard InChI is InChI=1S/C16H16FNO2/c1-20-16-8-6-12(10-14(16)17)15(19)7-5-11-3-2-4-13(18)9-11/h2-4,6,8-10H,5,7,18H2,1H3. The van der Waals surface area contributed by atoms with Crippen LogP contribution in [0.5, 0.6) is 5.75 Å². The molecule has 0 fully saturated rings. The average Bonchev–Trinajstić information content (AvgIpc) is 2.44. The van der Waals surface area contributed by atoms with E-state index in [1.54, 1.807) is 12.1 Å². The van der Waals surface area contributed by atoms with Gasteiger partial charge in [0.25, 0.3) is 0 Å². The first-order valence-corrected chi connectivity index (χ1v) is 6.31. The number of carbonyl (C=O) groups is 1. The molecule has 4 heteroatoms. The van der Waals surface area contributed by atoms with Crippen molar-refractivity contribution in [2.45, 2.75) is 12.8 Å². The smallest absolute Gasteiger partial charge is 0.165 e. The predicted octanol–water partition coefficient (Wildman–Crippen LogP) is 3.23. The molecule has 0 radical (unpaired) electrons. The highest BCUT2D eigenvalue weighted by Crippen LogP contribution is 2.19. The molecule has 2 N–H and O–H groups in total. The summed E-state index contributed by atoms with van der Waals surface area (Å²) in [7, 11) is 1.39. The maximum Gasteiger partial charge on any atom is 0.165 e. The van der Waals surface area contributed by atoms with Gasteiger partial charge in [-0.15, -0.1) is 0 Å². The molecule has 2 rings (SSSR count). The van der Waals surface area contributed by atoms with Crippen LogP contribution in [0.1, 0.15) is 22.3 Å². The van der Waals surface area contributed by atoms with Gasteiger partial charge < -0.3 is 10.5 Å². The van der Waals surface area contributed by atoms with Gasteiger partial charge in [0.15, 0.2) is 17.3 Å². The first-order chi connectivity index (χ1) is 9.60. The summed E-state index contributed by atoms with van der Waals surface area (Å²) in [4.78, 5) is 12.0. The monoisotopic (exact) mass is 273 g/mol. The number of hydrogen-bond donors (Lipinski definition) is 1. The highest BCUT2D eigenvalue weighted by atomic mass is 19.1. The molecule has 104 valence electrons. The minimum atomic E-state index is -0.526. The summed E-state index contributed by atoms with van der Waals surface area (Å²) in [5.74, 6) is -0.492. The fourth-order valence-corrected chi connectivity index (χ4v) is 1.99. The average molecular weight is 273 g/mol. The summed E-state index contributed by atoms with van der Waals surface area (Å²) >= 11 is 0. The van der Waals surface area contributed by atoms with Gasteiger partial charge in [-0.1, -0.05) is 12.1 Å². The van der Waals surface area contributed by atoms with Crippen molar-refractivity contribution in [2.75, 3.05) is 12.8 Å². The lowest BCUT2D eigenvalue weighted by molar-refractivity contribution is 0.0982. The van der Waals surface area contributed by atoms with Gasteiger partial charge in [-0.2, -0.15) is 0 Å². The zero-order valence-corrected chi connectivity index (χ0v) is 11.2. The number of benzene rings is 2. The second-order valence-electron chi connectivity index (χ2n) is 4.52. The minimum absolute atomic E-state index is 0.103. The molecule has 0 amide bonds. The highest BCUT2D eigenvalue weighted by molar-refractivity contribution is 5.96. The fourth-order valence-electron chi connectivity index (χ4n) is 1.99. The summed E-state index contributed by atoms with van der Waals surface area (Å²) in [6, 6.07) is 11.6. The van der Waals surface area contributed by atoms with Crippen LogP contribution >= 0.6 is 0 Å². The third-order valence-electron chi connectivity index (χ3n) is 3.07. The van der Waals surface area contributed by atoms with Crippen LogP contribution < -0.4 is 10.5 Å². The van der Waals surface area contributed by atoms with Gasteiger partial charge in [0, 0.05) is 17.7 Å². The van der Waals surface area contributed by atoms with Crippen LogP contribution in [0.25, 0.3) is 0 Å². The Hall–Kier alpha value is -2.36. The van der Waals surface area contributed by atoms with Gasteiger partial charge in [-0.3, -0.25) is 4.79 Å². The molecule has 0 bridgehead atoms. The third kappa shape index (κ3) is 3.35. The molecule has 0 atom stereocenters. The second kappa shape index (κ2) is 6.19. The maximum absolute atomic E-state index is 13.5. The SMILES string of the molecule is COc1ccc(C(=O)CCc2cccc(N)c2)cc1F. The molecule has 0 saturated carbocycles. The van der Waals surface area contributed by atoms with E-state index in [4.69, 9.17) is 10.5 Å². The highest BCUT2D eigenvalue weighted by Gasteiger charge is 2.10. The Balaban J connectivity index is 2.03. The molecule has 2 aromatic rings. The van der Waals surface area contributed by atoms with Crippen molar-refractivity contribution in [1.29, 1.82) is 0 Å². The molecule has 2 aromatic carbocycles. The van der Waals surface area contributed by atoms with E-state index in [-0.39, 0.29) is 11.5 Å². The van der Waals surface area contributed by atoms with Crippen molar-refractivity contribution >= 4 is 11.5 Å². The fraction of sp³-hybridized carbons (Fsp3) is 0.188.